The maximum atomic E-state index is 11.7. The Kier molecular flexibility index (Phi) is 5.21. The molecule has 0 bridgehead atoms. The van der Waals surface area contributed by atoms with Crippen LogP contribution in [0.5, 0.6) is 0 Å². The Balaban J connectivity index is 2.24. The third-order valence-electron chi connectivity index (χ3n) is 2.92. The van der Waals surface area contributed by atoms with Crippen molar-refractivity contribution in [2.45, 2.75) is 38.3 Å². The lowest BCUT2D eigenvalue weighted by Gasteiger charge is -2.22. The van der Waals surface area contributed by atoms with Crippen LogP contribution in [0.15, 0.2) is 0 Å². The Morgan fingerprint density at radius 1 is 1.53 bits per heavy atom. The minimum absolute atomic E-state index is 0.0476. The molecule has 0 aromatic carbocycles. The highest BCUT2D eigenvalue weighted by Gasteiger charge is 2.26. The average Bonchev–Trinajstić information content (AvgIpc) is 2.63. The average molecular weight is 244 g/mol. The first-order valence-corrected chi connectivity index (χ1v) is 5.85. The van der Waals surface area contributed by atoms with E-state index in [1.165, 1.54) is 4.90 Å². The predicted molar refractivity (Wildman–Crippen MR) is 61.9 cm³/mol. The number of hydrogen-bond acceptors (Lipinski definition) is 3. The van der Waals surface area contributed by atoms with Crippen molar-refractivity contribution in [1.82, 2.24) is 10.2 Å². The van der Waals surface area contributed by atoms with Crippen LogP contribution < -0.4 is 5.32 Å². The minimum Gasteiger partial charge on any atom is -0.481 e. The summed E-state index contributed by atoms with van der Waals surface area (Å²) >= 11 is 0. The zero-order valence-electron chi connectivity index (χ0n) is 10.3. The van der Waals surface area contributed by atoms with Crippen molar-refractivity contribution in [1.29, 1.82) is 0 Å². The lowest BCUT2D eigenvalue weighted by Crippen LogP contribution is -2.45. The number of nitrogens with zero attached hydrogens (tertiary/aromatic N) is 1. The fraction of sp³-hybridized carbons (Fsp3) is 0.818. The van der Waals surface area contributed by atoms with E-state index >= 15 is 0 Å². The lowest BCUT2D eigenvalue weighted by molar-refractivity contribution is -0.137. The number of aliphatic carboxylic acids is 1. The molecule has 2 unspecified atom stereocenters. The number of carboxylic acids is 1. The first-order chi connectivity index (χ1) is 8.00. The number of ether oxygens (including phenoxy) is 1. The number of carbonyl (C=O) groups excluding carboxylic acids is 1. The summed E-state index contributed by atoms with van der Waals surface area (Å²) in [6, 6.07) is -0.109. The molecule has 0 aromatic heterocycles. The van der Waals surface area contributed by atoms with Gasteiger partial charge in [0.05, 0.1) is 12.1 Å². The number of rotatable bonds is 5. The van der Waals surface area contributed by atoms with E-state index < -0.39 is 5.97 Å². The Morgan fingerprint density at radius 2 is 2.24 bits per heavy atom. The van der Waals surface area contributed by atoms with E-state index in [1.54, 1.807) is 7.05 Å². The van der Waals surface area contributed by atoms with Gasteiger partial charge in [-0.25, -0.2) is 4.79 Å². The van der Waals surface area contributed by atoms with Gasteiger partial charge in [0.1, 0.15) is 0 Å². The number of hydrogen-bond donors (Lipinski definition) is 2. The Bertz CT molecular complexity index is 283. The maximum absolute atomic E-state index is 11.7. The van der Waals surface area contributed by atoms with Crippen LogP contribution >= 0.6 is 0 Å². The smallest absolute Gasteiger partial charge is 0.317 e. The fourth-order valence-electron chi connectivity index (χ4n) is 1.76. The van der Waals surface area contributed by atoms with Crippen LogP contribution in [0.25, 0.3) is 0 Å². The largest absolute Gasteiger partial charge is 0.481 e. The Hall–Kier alpha value is -1.30. The molecule has 2 amide bonds. The predicted octanol–water partition coefficient (Wildman–Crippen LogP) is 0.670. The van der Waals surface area contributed by atoms with Crippen LogP contribution in [0, 0.1) is 0 Å². The number of nitrogens with one attached hydrogen (secondary N) is 1. The van der Waals surface area contributed by atoms with Crippen LogP contribution in [0.4, 0.5) is 4.79 Å². The van der Waals surface area contributed by atoms with Crippen molar-refractivity contribution in [2.75, 3.05) is 20.2 Å². The molecule has 0 aromatic rings. The van der Waals surface area contributed by atoms with E-state index in [1.807, 2.05) is 6.92 Å². The van der Waals surface area contributed by atoms with Crippen molar-refractivity contribution < 1.29 is 19.4 Å². The van der Waals surface area contributed by atoms with Crippen molar-refractivity contribution in [2.24, 2.45) is 0 Å². The van der Waals surface area contributed by atoms with Gasteiger partial charge in [-0.15, -0.1) is 0 Å². The van der Waals surface area contributed by atoms with Crippen LogP contribution in [0.1, 0.15) is 26.2 Å². The zero-order valence-corrected chi connectivity index (χ0v) is 10.3. The van der Waals surface area contributed by atoms with Gasteiger partial charge in [0, 0.05) is 26.6 Å². The summed E-state index contributed by atoms with van der Waals surface area (Å²) in [7, 11) is 1.66. The molecule has 6 nitrogen and oxygen atoms in total. The molecule has 0 saturated carbocycles. The standard InChI is InChI=1S/C11H20N2O4/c1-8-9(5-7-17-8)12-11(16)13(2)6-3-4-10(14)15/h8-9H,3-7H2,1-2H3,(H,12,16)(H,14,15). The molecular formula is C11H20N2O4. The first kappa shape index (κ1) is 13.8. The molecular weight excluding hydrogens is 224 g/mol. The molecule has 2 N–H and O–H groups in total. The zero-order chi connectivity index (χ0) is 12.8. The lowest BCUT2D eigenvalue weighted by atomic mass is 10.2. The summed E-state index contributed by atoms with van der Waals surface area (Å²) in [5, 5.41) is 11.4. The van der Waals surface area contributed by atoms with E-state index in [4.69, 9.17) is 9.84 Å². The van der Waals surface area contributed by atoms with Crippen LogP contribution in [-0.2, 0) is 9.53 Å². The van der Waals surface area contributed by atoms with Gasteiger partial charge in [-0.2, -0.15) is 0 Å². The van der Waals surface area contributed by atoms with Gasteiger partial charge in [0.2, 0.25) is 0 Å². The van der Waals surface area contributed by atoms with Gasteiger partial charge in [-0.1, -0.05) is 0 Å². The molecule has 98 valence electrons. The van der Waals surface area contributed by atoms with E-state index in [-0.39, 0.29) is 24.6 Å². The third kappa shape index (κ3) is 4.60. The molecule has 1 aliphatic rings. The van der Waals surface area contributed by atoms with Gasteiger partial charge < -0.3 is 20.1 Å². The summed E-state index contributed by atoms with van der Waals surface area (Å²) < 4.78 is 5.35. The number of carbonyl (C=O) groups is 2. The summed E-state index contributed by atoms with van der Waals surface area (Å²) in [4.78, 5) is 23.6. The second-order valence-electron chi connectivity index (χ2n) is 4.34. The summed E-state index contributed by atoms with van der Waals surface area (Å²) in [5.41, 5.74) is 0. The highest BCUT2D eigenvalue weighted by Crippen LogP contribution is 2.12. The van der Waals surface area contributed by atoms with Gasteiger partial charge in [-0.05, 0) is 19.8 Å². The molecule has 0 radical (unpaired) electrons. The molecule has 0 spiro atoms. The SMILES string of the molecule is CC1OCCC1NC(=O)N(C)CCCC(=O)O. The topological polar surface area (TPSA) is 78.9 Å². The van der Waals surface area contributed by atoms with Crippen LogP contribution in [0.2, 0.25) is 0 Å². The van der Waals surface area contributed by atoms with E-state index in [0.29, 0.717) is 19.6 Å². The van der Waals surface area contributed by atoms with Gasteiger partial charge >= 0.3 is 12.0 Å². The molecule has 1 aliphatic heterocycles. The monoisotopic (exact) mass is 244 g/mol. The van der Waals surface area contributed by atoms with E-state index in [0.717, 1.165) is 6.42 Å². The van der Waals surface area contributed by atoms with Gasteiger partial charge in [-0.3, -0.25) is 4.79 Å². The van der Waals surface area contributed by atoms with Crippen molar-refractivity contribution in [3.63, 3.8) is 0 Å². The number of carboxylic acid groups (broad SMARTS) is 1. The second-order valence-corrected chi connectivity index (χ2v) is 4.34. The normalized spacial score (nSPS) is 23.4. The van der Waals surface area contributed by atoms with E-state index in [2.05, 4.69) is 5.32 Å². The van der Waals surface area contributed by atoms with Gasteiger partial charge in [0.15, 0.2) is 0 Å². The van der Waals surface area contributed by atoms with Crippen LogP contribution in [0.3, 0.4) is 0 Å². The number of amides is 2. The second kappa shape index (κ2) is 6.44. The van der Waals surface area contributed by atoms with Crippen molar-refractivity contribution in [3.8, 4) is 0 Å². The van der Waals surface area contributed by atoms with Crippen molar-refractivity contribution >= 4 is 12.0 Å². The molecule has 0 aliphatic carbocycles. The third-order valence-corrected chi connectivity index (χ3v) is 2.92. The maximum Gasteiger partial charge on any atom is 0.317 e. The Labute approximate surface area is 101 Å². The molecule has 2 atom stereocenters. The molecule has 1 heterocycles. The summed E-state index contributed by atoms with van der Waals surface area (Å²) in [5.74, 6) is -0.836. The molecule has 1 rings (SSSR count). The first-order valence-electron chi connectivity index (χ1n) is 5.85. The molecule has 17 heavy (non-hydrogen) atoms. The quantitative estimate of drug-likeness (QED) is 0.745. The molecule has 6 heteroatoms. The van der Waals surface area contributed by atoms with Crippen LogP contribution in [-0.4, -0.2) is 54.4 Å². The van der Waals surface area contributed by atoms with Crippen molar-refractivity contribution in [3.05, 3.63) is 0 Å². The summed E-state index contributed by atoms with van der Waals surface area (Å²) in [6.45, 7) is 3.05. The fourth-order valence-corrected chi connectivity index (χ4v) is 1.76. The molecule has 1 saturated heterocycles. The molecule has 1 fully saturated rings. The highest BCUT2D eigenvalue weighted by molar-refractivity contribution is 5.74. The summed E-state index contributed by atoms with van der Waals surface area (Å²) in [6.07, 6.45) is 1.43. The Morgan fingerprint density at radius 3 is 2.76 bits per heavy atom. The minimum atomic E-state index is -0.836. The number of urea groups is 1. The van der Waals surface area contributed by atoms with E-state index in [9.17, 15) is 9.59 Å². The highest BCUT2D eigenvalue weighted by atomic mass is 16.5. The van der Waals surface area contributed by atoms with Gasteiger partial charge in [0.25, 0.3) is 0 Å².